The van der Waals surface area contributed by atoms with Crippen LogP contribution in [0.1, 0.15) is 46.0 Å². The summed E-state index contributed by atoms with van der Waals surface area (Å²) < 4.78 is 5.48. The third-order valence-electron chi connectivity index (χ3n) is 1.79. The molecule has 0 amide bonds. The molecule has 0 aromatic heterocycles. The minimum absolute atomic E-state index is 0.855. The lowest BCUT2D eigenvalue weighted by Crippen LogP contribution is -2.10. The Morgan fingerprint density at radius 3 is 2.42 bits per heavy atom. The first-order valence-electron chi connectivity index (χ1n) is 5.07. The zero-order valence-electron chi connectivity index (χ0n) is 8.31. The monoisotopic (exact) mass is 206 g/mol. The van der Waals surface area contributed by atoms with E-state index in [2.05, 4.69) is 13.8 Å². The van der Waals surface area contributed by atoms with Crippen LogP contribution in [0.3, 0.4) is 0 Å². The van der Waals surface area contributed by atoms with E-state index in [1.54, 1.807) is 0 Å². The Bertz CT molecular complexity index is 90.6. The predicted molar refractivity (Wildman–Crippen MR) is 56.8 cm³/mol. The summed E-state index contributed by atoms with van der Waals surface area (Å²) in [7, 11) is 6.06. The number of hydrogen-bond acceptors (Lipinski definition) is 1. The molecule has 1 nitrogen and oxygen atoms in total. The smallest absolute Gasteiger partial charge is 0.489 e. The van der Waals surface area contributed by atoms with E-state index in [1.807, 2.05) is 0 Å². The van der Waals surface area contributed by atoms with Crippen LogP contribution in [0.25, 0.3) is 0 Å². The lowest BCUT2D eigenvalue weighted by Gasteiger charge is -2.04. The van der Waals surface area contributed by atoms with E-state index >= 15 is 0 Å². The quantitative estimate of drug-likeness (QED) is 0.435. The van der Waals surface area contributed by atoms with Gasteiger partial charge in [0.2, 0.25) is 0 Å². The number of hydrogen-bond donors (Lipinski definition) is 0. The molecule has 0 unspecified atom stereocenters. The Labute approximate surface area is 85.4 Å². The highest BCUT2D eigenvalue weighted by Gasteiger charge is 2.15. The van der Waals surface area contributed by atoms with Crippen LogP contribution in [0.4, 0.5) is 0 Å². The van der Waals surface area contributed by atoms with E-state index < -0.39 is 13.6 Å². The minimum Gasteiger partial charge on any atom is -0.489 e. The third kappa shape index (κ3) is 8.88. The predicted octanol–water partition coefficient (Wildman–Crippen LogP) is 3.72. The summed E-state index contributed by atoms with van der Waals surface area (Å²) in [5, 5.41) is 1.14. The molecule has 0 aliphatic heterocycles. The molecule has 72 valence electrons. The first kappa shape index (κ1) is 12.8. The second-order valence-corrected chi connectivity index (χ2v) is 6.32. The lowest BCUT2D eigenvalue weighted by molar-refractivity contribution is 0.328. The van der Waals surface area contributed by atoms with Crippen molar-refractivity contribution < 1.29 is 3.79 Å². The van der Waals surface area contributed by atoms with Gasteiger partial charge >= 0.3 is 13.6 Å². The van der Waals surface area contributed by atoms with Gasteiger partial charge in [0.25, 0.3) is 0 Å². The van der Waals surface area contributed by atoms with E-state index in [0.29, 0.717) is 0 Å². The van der Waals surface area contributed by atoms with Crippen LogP contribution in [0.15, 0.2) is 0 Å². The standard InChI is InChI=1S/C6H13.C3H7O.Al.ClH/c1-3-5-6-4-2;1-2-3-4;;/h1,3-6H2,2H3;2-3H2,1H3;;1H/q;-1;+2;/p-1. The summed E-state index contributed by atoms with van der Waals surface area (Å²) in [6, 6.07) is 0. The van der Waals surface area contributed by atoms with Crippen molar-refractivity contribution in [2.75, 3.05) is 6.61 Å². The second kappa shape index (κ2) is 9.87. The lowest BCUT2D eigenvalue weighted by atomic mass is 10.2. The van der Waals surface area contributed by atoms with Crippen molar-refractivity contribution in [3.05, 3.63) is 0 Å². The van der Waals surface area contributed by atoms with Gasteiger partial charge in [0.15, 0.2) is 0 Å². The Morgan fingerprint density at radius 1 is 1.08 bits per heavy atom. The van der Waals surface area contributed by atoms with Crippen molar-refractivity contribution in [1.29, 1.82) is 0 Å². The van der Waals surface area contributed by atoms with E-state index in [0.717, 1.165) is 18.3 Å². The van der Waals surface area contributed by atoms with Crippen molar-refractivity contribution in [2.45, 2.75) is 51.2 Å². The van der Waals surface area contributed by atoms with Gasteiger partial charge in [-0.2, -0.15) is 0 Å². The highest BCUT2D eigenvalue weighted by Crippen LogP contribution is 2.09. The van der Waals surface area contributed by atoms with Gasteiger partial charge in [0.05, 0.1) is 0 Å². The summed E-state index contributed by atoms with van der Waals surface area (Å²) in [5.74, 6) is 0. The number of halogens is 1. The van der Waals surface area contributed by atoms with E-state index in [1.165, 1.54) is 25.7 Å². The van der Waals surface area contributed by atoms with Crippen LogP contribution in [-0.2, 0) is 3.79 Å². The average Bonchev–Trinajstić information content (AvgIpc) is 2.09. The van der Waals surface area contributed by atoms with Crippen molar-refractivity contribution in [3.63, 3.8) is 0 Å². The van der Waals surface area contributed by atoms with Crippen molar-refractivity contribution in [2.24, 2.45) is 0 Å². The van der Waals surface area contributed by atoms with Gasteiger partial charge in [-0.05, 0) is 6.42 Å². The highest BCUT2D eigenvalue weighted by atomic mass is 35.6. The van der Waals surface area contributed by atoms with Crippen LogP contribution < -0.4 is 0 Å². The molecule has 0 saturated heterocycles. The molecule has 0 fully saturated rings. The summed E-state index contributed by atoms with van der Waals surface area (Å²) in [5.41, 5.74) is 0. The molecule has 0 aromatic carbocycles. The van der Waals surface area contributed by atoms with Gasteiger partial charge < -0.3 is 3.79 Å². The molecular weight excluding hydrogens is 187 g/mol. The first-order chi connectivity index (χ1) is 5.81. The Balaban J connectivity index is 3.02. The summed E-state index contributed by atoms with van der Waals surface area (Å²) in [6.45, 7) is 5.20. The summed E-state index contributed by atoms with van der Waals surface area (Å²) >= 11 is -1.29. The van der Waals surface area contributed by atoms with Crippen LogP contribution in [0.2, 0.25) is 5.28 Å². The van der Waals surface area contributed by atoms with E-state index in [9.17, 15) is 0 Å². The highest BCUT2D eigenvalue weighted by molar-refractivity contribution is 7.03. The maximum Gasteiger partial charge on any atom is 0.591 e. The molecule has 0 heterocycles. The van der Waals surface area contributed by atoms with E-state index in [4.69, 9.17) is 13.8 Å². The van der Waals surface area contributed by atoms with Crippen LogP contribution in [0.5, 0.6) is 0 Å². The Hall–Kier alpha value is 0.782. The maximum absolute atomic E-state index is 6.06. The van der Waals surface area contributed by atoms with Crippen LogP contribution in [-0.4, -0.2) is 20.2 Å². The number of unbranched alkanes of at least 4 members (excludes halogenated alkanes) is 3. The molecule has 0 N–H and O–H groups in total. The molecular formula is C9H20AlClO. The molecule has 0 atom stereocenters. The molecule has 0 aromatic rings. The van der Waals surface area contributed by atoms with Crippen molar-refractivity contribution >= 4 is 23.6 Å². The molecule has 0 aliphatic carbocycles. The molecule has 0 aliphatic rings. The topological polar surface area (TPSA) is 9.23 Å². The molecule has 12 heavy (non-hydrogen) atoms. The molecule has 3 heteroatoms. The van der Waals surface area contributed by atoms with Gasteiger partial charge in [-0.15, -0.1) is 0 Å². The molecule has 0 saturated carbocycles. The van der Waals surface area contributed by atoms with Gasteiger partial charge in [-0.1, -0.05) is 44.8 Å². The maximum atomic E-state index is 6.06. The van der Waals surface area contributed by atoms with Gasteiger partial charge in [-0.25, -0.2) is 10.0 Å². The fraction of sp³-hybridized carbons (Fsp3) is 1.00. The van der Waals surface area contributed by atoms with Gasteiger partial charge in [0, 0.05) is 6.61 Å². The zero-order valence-corrected chi connectivity index (χ0v) is 10.2. The molecule has 0 bridgehead atoms. The molecule has 0 spiro atoms. The SMILES string of the molecule is CCCCC[CH2][Al]([Cl])[O]CCC. The Morgan fingerprint density at radius 2 is 1.83 bits per heavy atom. The fourth-order valence-corrected chi connectivity index (χ4v) is 3.06. The second-order valence-electron chi connectivity index (χ2n) is 3.13. The third-order valence-corrected chi connectivity index (χ3v) is 4.28. The van der Waals surface area contributed by atoms with Crippen molar-refractivity contribution in [1.82, 2.24) is 0 Å². The average molecular weight is 207 g/mol. The van der Waals surface area contributed by atoms with E-state index in [-0.39, 0.29) is 0 Å². The zero-order chi connectivity index (χ0) is 9.23. The largest absolute Gasteiger partial charge is 0.591 e. The summed E-state index contributed by atoms with van der Waals surface area (Å²) in [6.07, 6.45) is 6.31. The Kier molecular flexibility index (Phi) is 10.5. The normalized spacial score (nSPS) is 10.2. The fourth-order valence-electron chi connectivity index (χ4n) is 1.06. The minimum atomic E-state index is -1.29. The first-order valence-corrected chi connectivity index (χ1v) is 8.10. The van der Waals surface area contributed by atoms with Crippen LogP contribution in [0, 0.1) is 0 Å². The van der Waals surface area contributed by atoms with Gasteiger partial charge in [0.1, 0.15) is 0 Å². The van der Waals surface area contributed by atoms with Gasteiger partial charge in [-0.3, -0.25) is 0 Å². The summed E-state index contributed by atoms with van der Waals surface area (Å²) in [4.78, 5) is 0. The van der Waals surface area contributed by atoms with Crippen LogP contribution >= 0.6 is 10.0 Å². The number of rotatable bonds is 8. The molecule has 0 rings (SSSR count). The van der Waals surface area contributed by atoms with Crippen molar-refractivity contribution in [3.8, 4) is 0 Å². The molecule has 0 radical (unpaired) electrons.